The Morgan fingerprint density at radius 3 is 2.30 bits per heavy atom. The van der Waals surface area contributed by atoms with Crippen LogP contribution in [0.4, 0.5) is 5.69 Å². The molecule has 2 N–H and O–H groups in total. The van der Waals surface area contributed by atoms with Gasteiger partial charge in [0.15, 0.2) is 5.11 Å². The fraction of sp³-hybridized carbons (Fsp3) is 0.391. The van der Waals surface area contributed by atoms with Gasteiger partial charge in [-0.05, 0) is 72.8 Å². The predicted molar refractivity (Wildman–Crippen MR) is 126 cm³/mol. The Hall–Kier alpha value is -2.80. The van der Waals surface area contributed by atoms with Gasteiger partial charge in [-0.3, -0.25) is 4.79 Å². The van der Waals surface area contributed by atoms with Crippen LogP contribution in [0.1, 0.15) is 57.6 Å². The van der Waals surface area contributed by atoms with Crippen LogP contribution in [0.5, 0.6) is 0 Å². The van der Waals surface area contributed by atoms with Crippen molar-refractivity contribution in [2.75, 3.05) is 5.32 Å². The number of aryl methyl sites for hydroxylation is 1. The highest BCUT2D eigenvalue weighted by Gasteiger charge is 2.11. The molecule has 0 spiro atoms. The lowest BCUT2D eigenvalue weighted by Gasteiger charge is -2.12. The normalized spacial score (nSPS) is 11.3. The molecule has 0 radical (unpaired) electrons. The van der Waals surface area contributed by atoms with Crippen molar-refractivity contribution < 1.29 is 4.79 Å². The molecule has 1 aromatic heterocycles. The molecule has 30 heavy (non-hydrogen) atoms. The van der Waals surface area contributed by atoms with Crippen LogP contribution >= 0.6 is 12.2 Å². The molecule has 7 heteroatoms. The fourth-order valence-corrected chi connectivity index (χ4v) is 3.30. The zero-order chi connectivity index (χ0) is 21.8. The molecule has 2 aromatic carbocycles. The first kappa shape index (κ1) is 21.9. The Kier molecular flexibility index (Phi) is 6.82. The second kappa shape index (κ2) is 9.34. The van der Waals surface area contributed by atoms with Crippen LogP contribution in [-0.2, 0) is 4.79 Å². The molecule has 0 aliphatic carbocycles. The number of hydrogen-bond donors (Lipinski definition) is 2. The zero-order valence-corrected chi connectivity index (χ0v) is 19.0. The minimum absolute atomic E-state index is 0.0734. The lowest BCUT2D eigenvalue weighted by atomic mass is 10.0. The molecule has 0 atom stereocenters. The number of nitrogens with one attached hydrogen (secondary N) is 2. The van der Waals surface area contributed by atoms with Crippen molar-refractivity contribution in [3.05, 3.63) is 47.5 Å². The van der Waals surface area contributed by atoms with Gasteiger partial charge >= 0.3 is 0 Å². The van der Waals surface area contributed by atoms with Crippen molar-refractivity contribution in [2.45, 2.75) is 53.4 Å². The second-order valence-corrected chi connectivity index (χ2v) is 8.73. The minimum atomic E-state index is -0.0734. The zero-order valence-electron chi connectivity index (χ0n) is 18.2. The standard InChI is InChI=1S/C23H29N5OS/c1-14(2)6-11-22(29)25-23(30)24-19-13-21-20(12-16(19)5)26-28(27-21)18-9-7-17(8-10-18)15(3)4/h7-10,12-15H,6,11H2,1-5H3,(H2,24,25,29,30). The van der Waals surface area contributed by atoms with E-state index in [1.807, 2.05) is 31.2 Å². The van der Waals surface area contributed by atoms with E-state index in [4.69, 9.17) is 12.2 Å². The number of carbonyl (C=O) groups excluding carboxylic acids is 1. The summed E-state index contributed by atoms with van der Waals surface area (Å²) in [6.45, 7) is 10.5. The summed E-state index contributed by atoms with van der Waals surface area (Å²) >= 11 is 5.31. The molecule has 0 fully saturated rings. The largest absolute Gasteiger partial charge is 0.332 e. The highest BCUT2D eigenvalue weighted by Crippen LogP contribution is 2.23. The van der Waals surface area contributed by atoms with E-state index in [2.05, 4.69) is 60.7 Å². The van der Waals surface area contributed by atoms with Gasteiger partial charge < -0.3 is 10.6 Å². The van der Waals surface area contributed by atoms with Gasteiger partial charge in [-0.2, -0.15) is 4.80 Å². The quantitative estimate of drug-likeness (QED) is 0.540. The molecule has 158 valence electrons. The maximum atomic E-state index is 12.0. The van der Waals surface area contributed by atoms with Crippen LogP contribution in [0.15, 0.2) is 36.4 Å². The average molecular weight is 424 g/mol. The lowest BCUT2D eigenvalue weighted by Crippen LogP contribution is -2.34. The van der Waals surface area contributed by atoms with E-state index in [1.165, 1.54) is 5.56 Å². The maximum absolute atomic E-state index is 12.0. The SMILES string of the molecule is Cc1cc2nn(-c3ccc(C(C)C)cc3)nc2cc1NC(=S)NC(=O)CCC(C)C. The van der Waals surface area contributed by atoms with Crippen molar-refractivity contribution in [1.29, 1.82) is 0 Å². The Balaban J connectivity index is 1.75. The first-order valence-corrected chi connectivity index (χ1v) is 10.7. The number of thiocarbonyl (C=S) groups is 1. The number of rotatable bonds is 6. The Morgan fingerprint density at radius 2 is 1.70 bits per heavy atom. The first-order valence-electron chi connectivity index (χ1n) is 10.3. The summed E-state index contributed by atoms with van der Waals surface area (Å²) in [5.41, 5.74) is 5.53. The van der Waals surface area contributed by atoms with E-state index in [0.717, 1.165) is 34.4 Å². The average Bonchev–Trinajstić information content (AvgIpc) is 3.09. The number of nitrogens with zero attached hydrogens (tertiary/aromatic N) is 3. The van der Waals surface area contributed by atoms with Gasteiger partial charge in [0.1, 0.15) is 11.0 Å². The first-order chi connectivity index (χ1) is 14.2. The summed E-state index contributed by atoms with van der Waals surface area (Å²) in [4.78, 5) is 13.7. The van der Waals surface area contributed by atoms with Crippen LogP contribution in [-0.4, -0.2) is 26.0 Å². The molecule has 1 heterocycles. The van der Waals surface area contributed by atoms with Gasteiger partial charge in [-0.1, -0.05) is 39.8 Å². The van der Waals surface area contributed by atoms with E-state index in [0.29, 0.717) is 23.4 Å². The van der Waals surface area contributed by atoms with E-state index < -0.39 is 0 Å². The van der Waals surface area contributed by atoms with Crippen LogP contribution < -0.4 is 10.6 Å². The molecule has 1 amide bonds. The Morgan fingerprint density at radius 1 is 1.07 bits per heavy atom. The summed E-state index contributed by atoms with van der Waals surface area (Å²) < 4.78 is 0. The van der Waals surface area contributed by atoms with Crippen molar-refractivity contribution in [1.82, 2.24) is 20.3 Å². The summed E-state index contributed by atoms with van der Waals surface area (Å²) in [5, 5.41) is 15.4. The van der Waals surface area contributed by atoms with E-state index in [1.54, 1.807) is 4.80 Å². The number of carbonyl (C=O) groups is 1. The molecule has 0 aliphatic rings. The van der Waals surface area contributed by atoms with Gasteiger partial charge in [0.25, 0.3) is 0 Å². The number of aromatic nitrogens is 3. The van der Waals surface area contributed by atoms with E-state index in [9.17, 15) is 4.79 Å². The fourth-order valence-electron chi connectivity index (χ4n) is 3.07. The van der Waals surface area contributed by atoms with Crippen LogP contribution in [0, 0.1) is 12.8 Å². The highest BCUT2D eigenvalue weighted by atomic mass is 32.1. The molecule has 0 saturated carbocycles. The summed E-state index contributed by atoms with van der Waals surface area (Å²) in [5.74, 6) is 0.886. The van der Waals surface area contributed by atoms with Crippen LogP contribution in [0.2, 0.25) is 0 Å². The van der Waals surface area contributed by atoms with Crippen molar-refractivity contribution >= 4 is 40.0 Å². The lowest BCUT2D eigenvalue weighted by molar-refractivity contribution is -0.119. The maximum Gasteiger partial charge on any atom is 0.226 e. The van der Waals surface area contributed by atoms with Gasteiger partial charge in [0.05, 0.1) is 5.69 Å². The number of benzene rings is 2. The molecule has 6 nitrogen and oxygen atoms in total. The topological polar surface area (TPSA) is 71.8 Å². The third-order valence-electron chi connectivity index (χ3n) is 4.97. The van der Waals surface area contributed by atoms with Crippen molar-refractivity contribution in [3.8, 4) is 5.69 Å². The molecule has 0 saturated heterocycles. The van der Waals surface area contributed by atoms with Crippen molar-refractivity contribution in [2.24, 2.45) is 5.92 Å². The number of amides is 1. The smallest absolute Gasteiger partial charge is 0.226 e. The molecular weight excluding hydrogens is 394 g/mol. The molecule has 0 bridgehead atoms. The molecule has 0 unspecified atom stereocenters. The van der Waals surface area contributed by atoms with Gasteiger partial charge in [-0.25, -0.2) is 0 Å². The van der Waals surface area contributed by atoms with Crippen molar-refractivity contribution in [3.63, 3.8) is 0 Å². The third-order valence-corrected chi connectivity index (χ3v) is 5.17. The molecule has 3 aromatic rings. The summed E-state index contributed by atoms with van der Waals surface area (Å²) in [6, 6.07) is 12.1. The number of hydrogen-bond acceptors (Lipinski definition) is 4. The number of anilines is 1. The Labute approximate surface area is 183 Å². The monoisotopic (exact) mass is 423 g/mol. The summed E-state index contributed by atoms with van der Waals surface area (Å²) in [7, 11) is 0. The second-order valence-electron chi connectivity index (χ2n) is 8.33. The number of fused-ring (bicyclic) bond motifs is 1. The molecule has 0 aliphatic heterocycles. The van der Waals surface area contributed by atoms with Gasteiger partial charge in [0, 0.05) is 12.1 Å². The van der Waals surface area contributed by atoms with Crippen LogP contribution in [0.25, 0.3) is 16.7 Å². The highest BCUT2D eigenvalue weighted by molar-refractivity contribution is 7.80. The van der Waals surface area contributed by atoms with E-state index >= 15 is 0 Å². The van der Waals surface area contributed by atoms with E-state index in [-0.39, 0.29) is 5.91 Å². The van der Waals surface area contributed by atoms with Gasteiger partial charge in [-0.15, -0.1) is 10.2 Å². The Bertz CT molecular complexity index is 1050. The minimum Gasteiger partial charge on any atom is -0.332 e. The molecular formula is C23H29N5OS. The predicted octanol–water partition coefficient (Wildman–Crippen LogP) is 5.10. The summed E-state index contributed by atoms with van der Waals surface area (Å²) in [6.07, 6.45) is 1.29. The van der Waals surface area contributed by atoms with Gasteiger partial charge in [0.2, 0.25) is 5.91 Å². The third kappa shape index (κ3) is 5.42. The van der Waals surface area contributed by atoms with Crippen LogP contribution in [0.3, 0.4) is 0 Å². The molecule has 3 rings (SSSR count).